The second kappa shape index (κ2) is 4.62. The number of carbonyl (C=O) groups excluding carboxylic acids is 1. The first-order valence-electron chi connectivity index (χ1n) is 5.04. The molecule has 17 heavy (non-hydrogen) atoms. The van der Waals surface area contributed by atoms with E-state index in [0.29, 0.717) is 0 Å². The van der Waals surface area contributed by atoms with Crippen molar-refractivity contribution in [2.75, 3.05) is 11.5 Å². The van der Waals surface area contributed by atoms with Crippen molar-refractivity contribution in [1.29, 1.82) is 0 Å². The largest absolute Gasteiger partial charge is 0.345 e. The van der Waals surface area contributed by atoms with Crippen molar-refractivity contribution < 1.29 is 13.2 Å². The molecule has 0 aromatic carbocycles. The van der Waals surface area contributed by atoms with Crippen molar-refractivity contribution in [1.82, 2.24) is 10.3 Å². The van der Waals surface area contributed by atoms with Crippen LogP contribution in [0.1, 0.15) is 10.5 Å². The number of pyridine rings is 1. The van der Waals surface area contributed by atoms with Gasteiger partial charge in [0.05, 0.1) is 22.9 Å². The van der Waals surface area contributed by atoms with Gasteiger partial charge in [-0.3, -0.25) is 9.78 Å². The van der Waals surface area contributed by atoms with E-state index in [0.717, 1.165) is 0 Å². The monoisotopic (exact) mass is 274 g/mol. The van der Waals surface area contributed by atoms with E-state index in [-0.39, 0.29) is 17.2 Å². The number of amides is 1. The molecule has 2 unspecified atom stereocenters. The number of rotatable bonds is 2. The predicted octanol–water partition coefficient (Wildman–Crippen LogP) is 0.216. The third-order valence-electron chi connectivity index (χ3n) is 2.50. The smallest absolute Gasteiger partial charge is 0.270 e. The summed E-state index contributed by atoms with van der Waals surface area (Å²) in [5, 5.41) is 2.01. The van der Waals surface area contributed by atoms with Crippen LogP contribution in [0.4, 0.5) is 0 Å². The number of carbonyl (C=O) groups is 1. The molecular weight excluding hydrogens is 264 g/mol. The predicted molar refractivity (Wildman–Crippen MR) is 63.8 cm³/mol. The van der Waals surface area contributed by atoms with E-state index in [9.17, 15) is 13.2 Å². The van der Waals surface area contributed by atoms with Crippen LogP contribution < -0.4 is 5.32 Å². The zero-order valence-electron chi connectivity index (χ0n) is 8.84. The van der Waals surface area contributed by atoms with Crippen LogP contribution in [0.5, 0.6) is 0 Å². The third kappa shape index (κ3) is 2.95. The minimum Gasteiger partial charge on any atom is -0.345 e. The van der Waals surface area contributed by atoms with Gasteiger partial charge in [-0.15, -0.1) is 11.6 Å². The van der Waals surface area contributed by atoms with Gasteiger partial charge in [-0.05, 0) is 12.1 Å². The van der Waals surface area contributed by atoms with E-state index < -0.39 is 27.2 Å². The molecule has 1 N–H and O–H groups in total. The zero-order chi connectivity index (χ0) is 12.5. The van der Waals surface area contributed by atoms with Gasteiger partial charge in [0.15, 0.2) is 9.84 Å². The van der Waals surface area contributed by atoms with Crippen LogP contribution in [-0.4, -0.2) is 42.2 Å². The van der Waals surface area contributed by atoms with Crippen molar-refractivity contribution in [2.45, 2.75) is 11.4 Å². The van der Waals surface area contributed by atoms with Gasteiger partial charge in [0.25, 0.3) is 5.91 Å². The van der Waals surface area contributed by atoms with Crippen LogP contribution in [-0.2, 0) is 9.84 Å². The average molecular weight is 275 g/mol. The Labute approximate surface area is 104 Å². The second-order valence-corrected chi connectivity index (χ2v) is 6.60. The van der Waals surface area contributed by atoms with E-state index in [2.05, 4.69) is 10.3 Å². The molecule has 7 heteroatoms. The Balaban J connectivity index is 2.06. The van der Waals surface area contributed by atoms with Crippen LogP contribution in [0.3, 0.4) is 0 Å². The molecule has 1 aliphatic heterocycles. The van der Waals surface area contributed by atoms with Crippen LogP contribution in [0, 0.1) is 0 Å². The molecule has 1 aromatic rings. The minimum absolute atomic E-state index is 0.0955. The van der Waals surface area contributed by atoms with E-state index in [4.69, 9.17) is 11.6 Å². The SMILES string of the molecule is O=C(NC1CS(=O)(=O)CC1Cl)c1ccccn1. The quantitative estimate of drug-likeness (QED) is 0.783. The Morgan fingerprint density at radius 2 is 2.18 bits per heavy atom. The highest BCUT2D eigenvalue weighted by atomic mass is 35.5. The fourth-order valence-corrected chi connectivity index (χ4v) is 4.23. The summed E-state index contributed by atoms with van der Waals surface area (Å²) in [5.74, 6) is -0.611. The summed E-state index contributed by atoms with van der Waals surface area (Å²) in [6, 6.07) is 4.39. The van der Waals surface area contributed by atoms with Crippen LogP contribution in [0.2, 0.25) is 0 Å². The molecule has 2 atom stereocenters. The van der Waals surface area contributed by atoms with E-state index >= 15 is 0 Å². The Kier molecular flexibility index (Phi) is 3.35. The third-order valence-corrected chi connectivity index (χ3v) is 4.87. The molecular formula is C10H11ClN2O3S. The maximum Gasteiger partial charge on any atom is 0.270 e. The summed E-state index contributed by atoms with van der Waals surface area (Å²) >= 11 is 5.88. The summed E-state index contributed by atoms with van der Waals surface area (Å²) in [5.41, 5.74) is 0.251. The van der Waals surface area contributed by atoms with Crippen LogP contribution in [0.15, 0.2) is 24.4 Å². The molecule has 0 radical (unpaired) electrons. The Bertz CT molecular complexity index is 518. The van der Waals surface area contributed by atoms with E-state index in [1.807, 2.05) is 0 Å². The van der Waals surface area contributed by atoms with Gasteiger partial charge in [0, 0.05) is 6.20 Å². The number of hydrogen-bond acceptors (Lipinski definition) is 4. The summed E-state index contributed by atoms with van der Waals surface area (Å²) in [6.45, 7) is 0. The molecule has 1 saturated heterocycles. The van der Waals surface area contributed by atoms with Gasteiger partial charge < -0.3 is 5.32 Å². The lowest BCUT2D eigenvalue weighted by Gasteiger charge is -2.13. The maximum absolute atomic E-state index is 11.7. The molecule has 92 valence electrons. The molecule has 1 aromatic heterocycles. The van der Waals surface area contributed by atoms with Crippen molar-refractivity contribution in [3.8, 4) is 0 Å². The van der Waals surface area contributed by atoms with Gasteiger partial charge >= 0.3 is 0 Å². The Morgan fingerprint density at radius 3 is 2.71 bits per heavy atom. The van der Waals surface area contributed by atoms with Crippen molar-refractivity contribution in [2.24, 2.45) is 0 Å². The molecule has 0 saturated carbocycles. The summed E-state index contributed by atoms with van der Waals surface area (Å²) in [6.07, 6.45) is 1.50. The molecule has 1 fully saturated rings. The van der Waals surface area contributed by atoms with Crippen molar-refractivity contribution in [3.05, 3.63) is 30.1 Å². The molecule has 1 aliphatic rings. The first kappa shape index (κ1) is 12.3. The number of alkyl halides is 1. The first-order valence-corrected chi connectivity index (χ1v) is 7.30. The fraction of sp³-hybridized carbons (Fsp3) is 0.400. The second-order valence-electron chi connectivity index (χ2n) is 3.89. The van der Waals surface area contributed by atoms with Gasteiger partial charge in [0.2, 0.25) is 0 Å². The van der Waals surface area contributed by atoms with E-state index in [1.165, 1.54) is 6.20 Å². The molecule has 1 amide bonds. The Morgan fingerprint density at radius 1 is 1.41 bits per heavy atom. The highest BCUT2D eigenvalue weighted by Gasteiger charge is 2.37. The lowest BCUT2D eigenvalue weighted by Crippen LogP contribution is -2.40. The van der Waals surface area contributed by atoms with Crippen molar-refractivity contribution in [3.63, 3.8) is 0 Å². The average Bonchev–Trinajstić information content (AvgIpc) is 2.53. The maximum atomic E-state index is 11.7. The molecule has 0 bridgehead atoms. The fourth-order valence-electron chi connectivity index (χ4n) is 1.68. The van der Waals surface area contributed by atoms with Gasteiger partial charge in [-0.25, -0.2) is 8.42 Å². The summed E-state index contributed by atoms with van der Waals surface area (Å²) < 4.78 is 22.6. The number of nitrogens with one attached hydrogen (secondary N) is 1. The number of halogens is 1. The van der Waals surface area contributed by atoms with Crippen LogP contribution >= 0.6 is 11.6 Å². The molecule has 2 rings (SSSR count). The number of nitrogens with zero attached hydrogens (tertiary/aromatic N) is 1. The van der Waals surface area contributed by atoms with E-state index in [1.54, 1.807) is 18.2 Å². The van der Waals surface area contributed by atoms with Gasteiger partial charge in [-0.1, -0.05) is 6.07 Å². The molecule has 0 aliphatic carbocycles. The number of hydrogen-bond donors (Lipinski definition) is 1. The molecule has 5 nitrogen and oxygen atoms in total. The summed E-state index contributed by atoms with van der Waals surface area (Å²) in [7, 11) is -3.14. The highest BCUT2D eigenvalue weighted by molar-refractivity contribution is 7.91. The summed E-state index contributed by atoms with van der Waals surface area (Å²) in [4.78, 5) is 15.6. The standard InChI is InChI=1S/C10H11ClN2O3S/c11-7-5-17(15,16)6-9(7)13-10(14)8-3-1-2-4-12-8/h1-4,7,9H,5-6H2,(H,13,14). The minimum atomic E-state index is -3.14. The number of aromatic nitrogens is 1. The van der Waals surface area contributed by atoms with Gasteiger partial charge in [-0.2, -0.15) is 0 Å². The Hall–Kier alpha value is -1.14. The van der Waals surface area contributed by atoms with Crippen LogP contribution in [0.25, 0.3) is 0 Å². The van der Waals surface area contributed by atoms with Gasteiger partial charge in [0.1, 0.15) is 5.69 Å². The first-order chi connectivity index (χ1) is 7.98. The topological polar surface area (TPSA) is 76.1 Å². The molecule has 2 heterocycles. The number of sulfone groups is 1. The lowest BCUT2D eigenvalue weighted by molar-refractivity contribution is 0.0936. The van der Waals surface area contributed by atoms with Crippen molar-refractivity contribution >= 4 is 27.3 Å². The highest BCUT2D eigenvalue weighted by Crippen LogP contribution is 2.18. The normalized spacial score (nSPS) is 26.6. The lowest BCUT2D eigenvalue weighted by atomic mass is 10.2. The zero-order valence-corrected chi connectivity index (χ0v) is 10.4. The molecule has 0 spiro atoms.